The number of para-hydroxylation sites is 1. The number of carbonyl (C=O) groups is 2. The molecule has 0 aliphatic carbocycles. The van der Waals surface area contributed by atoms with E-state index < -0.39 is 0 Å². The van der Waals surface area contributed by atoms with Crippen LogP contribution in [0.2, 0.25) is 0 Å². The monoisotopic (exact) mass is 380 g/mol. The zero-order valence-electron chi connectivity index (χ0n) is 17.9. The minimum Gasteiger partial charge on any atom is -0.350 e. The van der Waals surface area contributed by atoms with Crippen molar-refractivity contribution in [2.45, 2.75) is 59.9 Å². The Morgan fingerprint density at radius 3 is 2.00 bits per heavy atom. The number of nitrogens with zero attached hydrogens (tertiary/aromatic N) is 1. The van der Waals surface area contributed by atoms with Crippen LogP contribution in [-0.4, -0.2) is 18.4 Å². The molecule has 4 heteroatoms. The van der Waals surface area contributed by atoms with Crippen molar-refractivity contribution in [1.82, 2.24) is 5.32 Å². The summed E-state index contributed by atoms with van der Waals surface area (Å²) in [5.74, 6) is 0.226. The number of hydrogen-bond donors (Lipinski definition) is 1. The van der Waals surface area contributed by atoms with Crippen molar-refractivity contribution in [2.24, 2.45) is 0 Å². The lowest BCUT2D eigenvalue weighted by Gasteiger charge is -2.29. The molecule has 0 fully saturated rings. The molecule has 2 amide bonds. The second-order valence-electron chi connectivity index (χ2n) is 7.90. The van der Waals surface area contributed by atoms with Crippen LogP contribution in [0.1, 0.15) is 68.7 Å². The molecule has 0 aromatic heterocycles. The van der Waals surface area contributed by atoms with Crippen LogP contribution in [0.25, 0.3) is 0 Å². The maximum atomic E-state index is 12.7. The molecule has 2 aromatic rings. The van der Waals surface area contributed by atoms with E-state index >= 15 is 0 Å². The SMILES string of the molecule is CC(=O)N(CC(=O)NCc1ccccc1C)c1c(C(C)C)cccc1C(C)C. The Morgan fingerprint density at radius 2 is 1.50 bits per heavy atom. The first-order valence-corrected chi connectivity index (χ1v) is 9.94. The summed E-state index contributed by atoms with van der Waals surface area (Å²) in [5.41, 5.74) is 5.28. The number of carbonyl (C=O) groups excluding carboxylic acids is 2. The highest BCUT2D eigenvalue weighted by Crippen LogP contribution is 2.35. The van der Waals surface area contributed by atoms with E-state index in [-0.39, 0.29) is 30.2 Å². The van der Waals surface area contributed by atoms with Crippen molar-refractivity contribution in [3.63, 3.8) is 0 Å². The predicted octanol–water partition coefficient (Wildman–Crippen LogP) is 4.91. The van der Waals surface area contributed by atoms with Crippen molar-refractivity contribution >= 4 is 17.5 Å². The molecular formula is C24H32N2O2. The second-order valence-corrected chi connectivity index (χ2v) is 7.90. The molecule has 0 heterocycles. The third-order valence-corrected chi connectivity index (χ3v) is 5.03. The van der Waals surface area contributed by atoms with Crippen molar-refractivity contribution < 1.29 is 9.59 Å². The van der Waals surface area contributed by atoms with Crippen LogP contribution >= 0.6 is 0 Å². The molecule has 0 atom stereocenters. The summed E-state index contributed by atoms with van der Waals surface area (Å²) in [4.78, 5) is 26.8. The molecule has 0 aliphatic heterocycles. The molecule has 1 N–H and O–H groups in total. The lowest BCUT2D eigenvalue weighted by Crippen LogP contribution is -2.40. The molecule has 0 spiro atoms. The first-order chi connectivity index (χ1) is 13.2. The van der Waals surface area contributed by atoms with Gasteiger partial charge < -0.3 is 10.2 Å². The number of benzene rings is 2. The number of hydrogen-bond acceptors (Lipinski definition) is 2. The summed E-state index contributed by atoms with van der Waals surface area (Å²) in [6.07, 6.45) is 0. The molecule has 0 bridgehead atoms. The third kappa shape index (κ3) is 5.22. The first-order valence-electron chi connectivity index (χ1n) is 9.94. The zero-order chi connectivity index (χ0) is 20.8. The zero-order valence-corrected chi connectivity index (χ0v) is 17.9. The molecule has 0 radical (unpaired) electrons. The van der Waals surface area contributed by atoms with Crippen LogP contribution < -0.4 is 10.2 Å². The van der Waals surface area contributed by atoms with Gasteiger partial charge in [0.25, 0.3) is 0 Å². The average molecular weight is 381 g/mol. The number of aryl methyl sites for hydroxylation is 1. The van der Waals surface area contributed by atoms with Gasteiger partial charge in [-0.25, -0.2) is 0 Å². The van der Waals surface area contributed by atoms with E-state index in [2.05, 4.69) is 33.0 Å². The topological polar surface area (TPSA) is 49.4 Å². The Morgan fingerprint density at radius 1 is 0.929 bits per heavy atom. The lowest BCUT2D eigenvalue weighted by molar-refractivity contribution is -0.123. The average Bonchev–Trinajstić information content (AvgIpc) is 2.64. The summed E-state index contributed by atoms with van der Waals surface area (Å²) in [7, 11) is 0. The van der Waals surface area contributed by atoms with E-state index in [1.807, 2.05) is 49.4 Å². The highest BCUT2D eigenvalue weighted by molar-refractivity contribution is 5.99. The summed E-state index contributed by atoms with van der Waals surface area (Å²) in [5, 5.41) is 2.96. The van der Waals surface area contributed by atoms with Gasteiger partial charge >= 0.3 is 0 Å². The number of anilines is 1. The van der Waals surface area contributed by atoms with E-state index in [4.69, 9.17) is 0 Å². The minimum absolute atomic E-state index is 0.0185. The van der Waals surface area contributed by atoms with Gasteiger partial charge in [0, 0.05) is 13.5 Å². The largest absolute Gasteiger partial charge is 0.350 e. The Bertz CT molecular complexity index is 814. The van der Waals surface area contributed by atoms with Gasteiger partial charge in [0.15, 0.2) is 0 Å². The van der Waals surface area contributed by atoms with Crippen LogP contribution in [0.4, 0.5) is 5.69 Å². The Kier molecular flexibility index (Phi) is 7.38. The van der Waals surface area contributed by atoms with E-state index in [9.17, 15) is 9.59 Å². The van der Waals surface area contributed by atoms with Gasteiger partial charge in [0.1, 0.15) is 6.54 Å². The van der Waals surface area contributed by atoms with Gasteiger partial charge in [-0.2, -0.15) is 0 Å². The Balaban J connectivity index is 2.27. The molecule has 2 aromatic carbocycles. The van der Waals surface area contributed by atoms with E-state index in [0.29, 0.717) is 6.54 Å². The molecule has 28 heavy (non-hydrogen) atoms. The summed E-state index contributed by atoms with van der Waals surface area (Å²) < 4.78 is 0. The fourth-order valence-electron chi connectivity index (χ4n) is 3.37. The lowest BCUT2D eigenvalue weighted by atomic mass is 9.91. The number of rotatable bonds is 7. The third-order valence-electron chi connectivity index (χ3n) is 5.03. The van der Waals surface area contributed by atoms with Gasteiger partial charge in [-0.15, -0.1) is 0 Å². The highest BCUT2D eigenvalue weighted by Gasteiger charge is 2.24. The summed E-state index contributed by atoms with van der Waals surface area (Å²) in [6, 6.07) is 14.1. The van der Waals surface area contributed by atoms with Gasteiger partial charge in [-0.1, -0.05) is 70.2 Å². The summed E-state index contributed by atoms with van der Waals surface area (Å²) in [6.45, 7) is 12.5. The molecule has 0 aliphatic rings. The Labute approximate surface area is 169 Å². The molecule has 150 valence electrons. The van der Waals surface area contributed by atoms with E-state index in [0.717, 1.165) is 27.9 Å². The van der Waals surface area contributed by atoms with Gasteiger partial charge in [0.05, 0.1) is 5.69 Å². The van der Waals surface area contributed by atoms with Gasteiger partial charge in [-0.3, -0.25) is 9.59 Å². The normalized spacial score (nSPS) is 11.0. The minimum atomic E-state index is -0.160. The quantitative estimate of drug-likeness (QED) is 0.742. The molecular weight excluding hydrogens is 348 g/mol. The van der Waals surface area contributed by atoms with E-state index in [1.54, 1.807) is 4.90 Å². The molecule has 0 unspecified atom stereocenters. The van der Waals surface area contributed by atoms with Crippen molar-refractivity contribution in [2.75, 3.05) is 11.4 Å². The van der Waals surface area contributed by atoms with Crippen molar-refractivity contribution in [1.29, 1.82) is 0 Å². The smallest absolute Gasteiger partial charge is 0.240 e. The summed E-state index contributed by atoms with van der Waals surface area (Å²) >= 11 is 0. The predicted molar refractivity (Wildman–Crippen MR) is 116 cm³/mol. The van der Waals surface area contributed by atoms with Gasteiger partial charge in [-0.05, 0) is 41.0 Å². The highest BCUT2D eigenvalue weighted by atomic mass is 16.2. The second kappa shape index (κ2) is 9.54. The maximum Gasteiger partial charge on any atom is 0.240 e. The molecule has 0 saturated carbocycles. The fourth-order valence-corrected chi connectivity index (χ4v) is 3.37. The molecule has 4 nitrogen and oxygen atoms in total. The first kappa shape index (κ1) is 21.7. The van der Waals surface area contributed by atoms with Gasteiger partial charge in [0.2, 0.25) is 11.8 Å². The molecule has 0 saturated heterocycles. The van der Waals surface area contributed by atoms with Crippen LogP contribution in [0.3, 0.4) is 0 Å². The standard InChI is InChI=1S/C24H32N2O2/c1-16(2)21-12-9-13-22(17(3)4)24(21)26(19(6)27)15-23(28)25-14-20-11-8-7-10-18(20)5/h7-13,16-17H,14-15H2,1-6H3,(H,25,28). The van der Waals surface area contributed by atoms with Crippen molar-refractivity contribution in [3.8, 4) is 0 Å². The van der Waals surface area contributed by atoms with Crippen LogP contribution in [0.5, 0.6) is 0 Å². The van der Waals surface area contributed by atoms with Crippen molar-refractivity contribution in [3.05, 3.63) is 64.7 Å². The van der Waals surface area contributed by atoms with Crippen LogP contribution in [0, 0.1) is 6.92 Å². The van der Waals surface area contributed by atoms with Crippen LogP contribution in [0.15, 0.2) is 42.5 Å². The number of amides is 2. The number of nitrogens with one attached hydrogen (secondary N) is 1. The fraction of sp³-hybridized carbons (Fsp3) is 0.417. The van der Waals surface area contributed by atoms with E-state index in [1.165, 1.54) is 6.92 Å². The Hall–Kier alpha value is -2.62. The molecule has 2 rings (SSSR count). The maximum absolute atomic E-state index is 12.7. The van der Waals surface area contributed by atoms with Crippen LogP contribution in [-0.2, 0) is 16.1 Å².